The number of benzene rings is 8. The maximum absolute atomic E-state index is 15.7. The van der Waals surface area contributed by atoms with Gasteiger partial charge in [0.1, 0.15) is 56.7 Å². The highest BCUT2D eigenvalue weighted by atomic mass is 16.6. The molecule has 428 valence electrons. The molecule has 2 aromatic heterocycles. The highest BCUT2D eigenvalue weighted by Gasteiger charge is 2.50. The molecule has 0 spiro atoms. The van der Waals surface area contributed by atoms with Crippen LogP contribution < -0.4 is 14.2 Å². The Labute approximate surface area is 492 Å². The number of amides is 2. The van der Waals surface area contributed by atoms with Gasteiger partial charge in [0.15, 0.2) is 17.7 Å². The van der Waals surface area contributed by atoms with Gasteiger partial charge in [-0.15, -0.1) is 0 Å². The van der Waals surface area contributed by atoms with Crippen LogP contribution in [0.25, 0.3) is 33.0 Å². The minimum atomic E-state index is -0.961. The molecule has 5 heterocycles. The van der Waals surface area contributed by atoms with E-state index in [0.29, 0.717) is 70.0 Å². The number of nitrogens with zero attached hydrogens (tertiary/aromatic N) is 2. The quantitative estimate of drug-likeness (QED) is 0.0612. The zero-order valence-electron chi connectivity index (χ0n) is 46.7. The van der Waals surface area contributed by atoms with Crippen molar-refractivity contribution in [2.45, 2.75) is 70.3 Å². The molecule has 3 aliphatic heterocycles. The highest BCUT2D eigenvalue weighted by Crippen LogP contribution is 2.46. The van der Waals surface area contributed by atoms with Gasteiger partial charge in [-0.2, -0.15) is 0 Å². The van der Waals surface area contributed by atoms with Crippen molar-refractivity contribution in [1.29, 1.82) is 0 Å². The van der Waals surface area contributed by atoms with E-state index >= 15 is 9.59 Å². The van der Waals surface area contributed by atoms with Crippen molar-refractivity contribution in [3.05, 3.63) is 269 Å². The molecule has 2 amide bonds. The van der Waals surface area contributed by atoms with Gasteiger partial charge in [0.2, 0.25) is 0 Å². The minimum Gasteiger partial charge on any atom is -0.489 e. The Bertz CT molecular complexity index is 3910. The van der Waals surface area contributed by atoms with Crippen LogP contribution in [0.4, 0.5) is 0 Å². The van der Waals surface area contributed by atoms with Crippen molar-refractivity contribution < 1.29 is 52.2 Å². The first kappa shape index (κ1) is 55.1. The number of nitrogens with one attached hydrogen (secondary N) is 1. The molecule has 10 aromatic rings. The van der Waals surface area contributed by atoms with Gasteiger partial charge in [-0.25, -0.2) is 4.90 Å². The molecule has 14 heteroatoms. The Hall–Kier alpha value is -9.12. The average molecular weight is 1130 g/mol. The summed E-state index contributed by atoms with van der Waals surface area (Å²) in [6, 6.07) is 69.1. The molecule has 14 nitrogen and oxygen atoms in total. The maximum Gasteiger partial charge on any atom is 0.264 e. The zero-order chi connectivity index (χ0) is 57.3. The highest BCUT2D eigenvalue weighted by molar-refractivity contribution is 6.50. The number of aromatic amines is 1. The van der Waals surface area contributed by atoms with Crippen molar-refractivity contribution in [3.63, 3.8) is 0 Å². The number of fused-ring (bicyclic) bond motifs is 3. The number of carbonyl (C=O) groups is 2. The van der Waals surface area contributed by atoms with Crippen LogP contribution in [0.5, 0.6) is 17.2 Å². The predicted molar refractivity (Wildman–Crippen MR) is 322 cm³/mol. The average Bonchev–Trinajstić information content (AvgIpc) is 3.09. The van der Waals surface area contributed by atoms with Crippen LogP contribution in [0.3, 0.4) is 0 Å². The van der Waals surface area contributed by atoms with Crippen molar-refractivity contribution in [2.75, 3.05) is 26.6 Å². The Balaban J connectivity index is 0.982. The summed E-state index contributed by atoms with van der Waals surface area (Å²) in [6.45, 7) is 2.01. The summed E-state index contributed by atoms with van der Waals surface area (Å²) < 4.78 is 62.6. The lowest BCUT2D eigenvalue weighted by Crippen LogP contribution is -2.59. The van der Waals surface area contributed by atoms with E-state index in [2.05, 4.69) is 4.98 Å². The van der Waals surface area contributed by atoms with E-state index in [1.807, 2.05) is 223 Å². The summed E-state index contributed by atoms with van der Waals surface area (Å²) in [5, 5.41) is 1.29. The number of imide groups is 1. The molecule has 5 unspecified atom stereocenters. The molecule has 1 fully saturated rings. The smallest absolute Gasteiger partial charge is 0.264 e. The van der Waals surface area contributed by atoms with Gasteiger partial charge in [-0.1, -0.05) is 182 Å². The third-order valence-corrected chi connectivity index (χ3v) is 15.6. The molecule has 0 bridgehead atoms. The first-order valence-corrected chi connectivity index (χ1v) is 28.7. The Morgan fingerprint density at radius 1 is 0.471 bits per heavy atom. The zero-order valence-corrected chi connectivity index (χ0v) is 46.7. The number of carbonyl (C=O) groups excluding carboxylic acids is 2. The van der Waals surface area contributed by atoms with Crippen LogP contribution in [-0.2, 0) is 77.7 Å². The van der Waals surface area contributed by atoms with Crippen molar-refractivity contribution >= 4 is 44.8 Å². The van der Waals surface area contributed by atoms with Crippen LogP contribution in [0.2, 0.25) is 0 Å². The fourth-order valence-corrected chi connectivity index (χ4v) is 11.4. The first-order valence-electron chi connectivity index (χ1n) is 28.7. The molecule has 0 saturated carbocycles. The van der Waals surface area contributed by atoms with Crippen molar-refractivity contribution in [3.8, 4) is 17.2 Å². The van der Waals surface area contributed by atoms with Gasteiger partial charge < -0.3 is 52.2 Å². The van der Waals surface area contributed by atoms with Crippen LogP contribution in [0.1, 0.15) is 50.7 Å². The molecule has 0 radical (unpaired) electrons. The molecule has 3 aliphatic rings. The topological polar surface area (TPSA) is 141 Å². The third-order valence-electron chi connectivity index (χ3n) is 15.6. The van der Waals surface area contributed by atoms with Gasteiger partial charge in [-0.3, -0.25) is 9.59 Å². The van der Waals surface area contributed by atoms with E-state index in [-0.39, 0.29) is 57.5 Å². The fourth-order valence-electron chi connectivity index (χ4n) is 11.4. The molecular formula is C71H63N3O11. The van der Waals surface area contributed by atoms with E-state index in [1.165, 1.54) is 4.90 Å². The number of aromatic nitrogens is 2. The van der Waals surface area contributed by atoms with E-state index in [1.54, 1.807) is 6.20 Å². The SMILES string of the molecule is O=C1C(c2c[nH]c3cc4c(cc23)OCCO4)=C(c2cn(C3OC(COCc4ccccc4)C(OCc4ccccc4)C(OCc4ccccc4)C3OCc3ccccc3)c3ccc(OCc4ccccc4)cc23)C(=O)N1COCc1ccccc1. The molecule has 8 aromatic carbocycles. The lowest BCUT2D eigenvalue weighted by atomic mass is 9.95. The van der Waals surface area contributed by atoms with Crippen LogP contribution in [-0.4, -0.2) is 77.2 Å². The summed E-state index contributed by atoms with van der Waals surface area (Å²) >= 11 is 0. The summed E-state index contributed by atoms with van der Waals surface area (Å²) in [7, 11) is 0. The normalized spacial score (nSPS) is 18.6. The summed E-state index contributed by atoms with van der Waals surface area (Å²) in [5.74, 6) is 0.590. The standard InChI is InChI=1S/C71H63N3O11/c75-69-64(57-38-72-59-37-62-61(36-55(57)59)79-33-34-80-62)65(70(76)74(69)47-78-41-49-21-9-2-10-22-49)58-39-73(60-32-31-54(35-56(58)60)81-42-50-23-11-3-12-24-50)71-68(84-45-53-29-17-6-18-30-53)67(83-44-52-27-15-5-16-28-52)66(82-43-51-25-13-4-14-26-51)63(85-71)46-77-40-48-19-7-1-8-20-48/h1-32,35-39,63,66-68,71-72H,33-34,40-47H2. The van der Waals surface area contributed by atoms with Gasteiger partial charge in [0.05, 0.1) is 56.3 Å². The van der Waals surface area contributed by atoms with Gasteiger partial charge in [-0.05, 0) is 57.6 Å². The van der Waals surface area contributed by atoms with Gasteiger partial charge >= 0.3 is 0 Å². The van der Waals surface area contributed by atoms with Crippen molar-refractivity contribution in [1.82, 2.24) is 14.5 Å². The van der Waals surface area contributed by atoms with E-state index in [0.717, 1.165) is 33.4 Å². The van der Waals surface area contributed by atoms with E-state index < -0.39 is 42.5 Å². The Morgan fingerprint density at radius 2 is 0.953 bits per heavy atom. The lowest BCUT2D eigenvalue weighted by molar-refractivity contribution is -0.289. The molecule has 85 heavy (non-hydrogen) atoms. The van der Waals surface area contributed by atoms with Gasteiger partial charge in [0, 0.05) is 45.9 Å². The molecule has 1 N–H and O–H groups in total. The van der Waals surface area contributed by atoms with E-state index in [9.17, 15) is 0 Å². The summed E-state index contributed by atoms with van der Waals surface area (Å²) in [5.41, 5.74) is 8.40. The molecule has 5 atom stereocenters. The second kappa shape index (κ2) is 25.8. The molecule has 0 aliphatic carbocycles. The molecular weight excluding hydrogens is 1070 g/mol. The molecule has 1 saturated heterocycles. The monoisotopic (exact) mass is 1130 g/mol. The third kappa shape index (κ3) is 12.3. The first-order chi connectivity index (χ1) is 42.0. The van der Waals surface area contributed by atoms with E-state index in [4.69, 9.17) is 42.6 Å². The number of hydrogen-bond donors (Lipinski definition) is 1. The van der Waals surface area contributed by atoms with Crippen LogP contribution in [0, 0.1) is 0 Å². The predicted octanol–water partition coefficient (Wildman–Crippen LogP) is 12.8. The lowest BCUT2D eigenvalue weighted by Gasteiger charge is -2.46. The van der Waals surface area contributed by atoms with Crippen LogP contribution >= 0.6 is 0 Å². The summed E-state index contributed by atoms with van der Waals surface area (Å²) in [6.07, 6.45) is -0.417. The Kier molecular flexibility index (Phi) is 16.7. The number of hydrogen-bond acceptors (Lipinski definition) is 11. The van der Waals surface area contributed by atoms with Crippen molar-refractivity contribution in [2.24, 2.45) is 0 Å². The largest absolute Gasteiger partial charge is 0.489 e. The van der Waals surface area contributed by atoms with Crippen LogP contribution in [0.15, 0.2) is 225 Å². The van der Waals surface area contributed by atoms with Gasteiger partial charge in [0.25, 0.3) is 11.8 Å². The maximum atomic E-state index is 15.7. The number of ether oxygens (including phenoxy) is 9. The minimum absolute atomic E-state index is 0.115. The Morgan fingerprint density at radius 3 is 1.52 bits per heavy atom. The summed E-state index contributed by atoms with van der Waals surface area (Å²) in [4.78, 5) is 35.8. The number of rotatable bonds is 23. The number of H-pyrrole nitrogens is 1. The molecule has 13 rings (SSSR count). The second-order valence-corrected chi connectivity index (χ2v) is 21.2. The second-order valence-electron chi connectivity index (χ2n) is 21.2. The fraction of sp³-hybridized carbons (Fsp3) is 0.211.